The van der Waals surface area contributed by atoms with Crippen LogP contribution in [0.25, 0.3) is 0 Å². The van der Waals surface area contributed by atoms with E-state index in [1.165, 1.54) is 6.20 Å². The van der Waals surface area contributed by atoms with Crippen molar-refractivity contribution in [3.05, 3.63) is 23.1 Å². The van der Waals surface area contributed by atoms with Crippen molar-refractivity contribution in [3.8, 4) is 0 Å². The number of aliphatic hydroxyl groups excluding tert-OH is 1. The first-order valence-corrected chi connectivity index (χ1v) is 8.24. The summed E-state index contributed by atoms with van der Waals surface area (Å²) in [5, 5.41) is 9.48. The van der Waals surface area contributed by atoms with Gasteiger partial charge in [-0.1, -0.05) is 0 Å². The molecule has 1 amide bonds. The second-order valence-electron chi connectivity index (χ2n) is 7.54. The second-order valence-corrected chi connectivity index (χ2v) is 7.54. The zero-order valence-corrected chi connectivity index (χ0v) is 14.5. The van der Waals surface area contributed by atoms with Crippen LogP contribution >= 0.6 is 0 Å². The maximum atomic E-state index is 13.9. The van der Waals surface area contributed by atoms with Crippen LogP contribution in [0.4, 0.5) is 15.0 Å². The van der Waals surface area contributed by atoms with Gasteiger partial charge in [-0.05, 0) is 34.1 Å². The highest BCUT2D eigenvalue weighted by atomic mass is 19.1. The average molecular weight is 337 g/mol. The SMILES string of the molecule is C[C@@H]1CN(C(=O)OC(C)(C)C)C[C@H]2Cc3c(ncc(F)c3CO)N21. The molecule has 1 N–H and O–H groups in total. The minimum atomic E-state index is -0.537. The smallest absolute Gasteiger partial charge is 0.410 e. The van der Waals surface area contributed by atoms with Gasteiger partial charge in [-0.25, -0.2) is 14.2 Å². The maximum absolute atomic E-state index is 13.9. The van der Waals surface area contributed by atoms with Crippen molar-refractivity contribution >= 4 is 11.9 Å². The van der Waals surface area contributed by atoms with Gasteiger partial charge in [0.05, 0.1) is 18.8 Å². The second kappa shape index (κ2) is 5.88. The van der Waals surface area contributed by atoms with Crippen molar-refractivity contribution in [1.29, 1.82) is 0 Å². The molecule has 0 aromatic carbocycles. The number of halogens is 1. The molecule has 0 saturated carbocycles. The predicted molar refractivity (Wildman–Crippen MR) is 87.4 cm³/mol. The molecule has 2 aliphatic rings. The minimum absolute atomic E-state index is 0.0240. The van der Waals surface area contributed by atoms with Gasteiger partial charge >= 0.3 is 6.09 Å². The van der Waals surface area contributed by atoms with E-state index in [4.69, 9.17) is 4.74 Å². The van der Waals surface area contributed by atoms with Crippen molar-refractivity contribution in [3.63, 3.8) is 0 Å². The van der Waals surface area contributed by atoms with Gasteiger partial charge in [-0.3, -0.25) is 0 Å². The number of fused-ring (bicyclic) bond motifs is 3. The molecule has 132 valence electrons. The Kier molecular flexibility index (Phi) is 4.15. The summed E-state index contributed by atoms with van der Waals surface area (Å²) in [6.07, 6.45) is 1.41. The van der Waals surface area contributed by atoms with Gasteiger partial charge in [0.15, 0.2) is 0 Å². The number of hydrogen-bond acceptors (Lipinski definition) is 5. The first-order chi connectivity index (χ1) is 11.2. The van der Waals surface area contributed by atoms with Crippen LogP contribution in [0.2, 0.25) is 0 Å². The Morgan fingerprint density at radius 1 is 1.46 bits per heavy atom. The van der Waals surface area contributed by atoms with Crippen molar-refractivity contribution in [1.82, 2.24) is 9.88 Å². The number of piperazine rings is 1. The van der Waals surface area contributed by atoms with E-state index >= 15 is 0 Å². The monoisotopic (exact) mass is 337 g/mol. The van der Waals surface area contributed by atoms with Crippen LogP contribution in [0.3, 0.4) is 0 Å². The fraction of sp³-hybridized carbons (Fsp3) is 0.647. The molecular weight excluding hydrogens is 313 g/mol. The molecule has 2 atom stereocenters. The van der Waals surface area contributed by atoms with Gasteiger partial charge in [0.2, 0.25) is 0 Å². The van der Waals surface area contributed by atoms with Crippen molar-refractivity contribution < 1.29 is 19.0 Å². The van der Waals surface area contributed by atoms with Crippen molar-refractivity contribution in [2.75, 3.05) is 18.0 Å². The molecule has 2 aliphatic heterocycles. The molecule has 1 fully saturated rings. The highest BCUT2D eigenvalue weighted by molar-refractivity contribution is 5.70. The third kappa shape index (κ3) is 2.92. The lowest BCUT2D eigenvalue weighted by Gasteiger charge is -2.43. The Morgan fingerprint density at radius 3 is 2.79 bits per heavy atom. The van der Waals surface area contributed by atoms with Crippen LogP contribution in [-0.4, -0.2) is 51.9 Å². The van der Waals surface area contributed by atoms with E-state index in [1.807, 2.05) is 27.7 Å². The van der Waals surface area contributed by atoms with E-state index in [0.717, 1.165) is 11.4 Å². The van der Waals surface area contributed by atoms with E-state index in [9.17, 15) is 14.3 Å². The largest absolute Gasteiger partial charge is 0.444 e. The van der Waals surface area contributed by atoms with E-state index in [2.05, 4.69) is 9.88 Å². The summed E-state index contributed by atoms with van der Waals surface area (Å²) in [6, 6.07) is 0.0675. The fourth-order valence-electron chi connectivity index (χ4n) is 3.60. The predicted octanol–water partition coefficient (Wildman–Crippen LogP) is 2.08. The first-order valence-electron chi connectivity index (χ1n) is 8.24. The van der Waals surface area contributed by atoms with Crippen LogP contribution in [0.1, 0.15) is 38.8 Å². The number of anilines is 1. The molecule has 7 heteroatoms. The number of hydrogen-bond donors (Lipinski definition) is 1. The highest BCUT2D eigenvalue weighted by Gasteiger charge is 2.42. The van der Waals surface area contributed by atoms with E-state index in [-0.39, 0.29) is 24.8 Å². The number of amides is 1. The lowest BCUT2D eigenvalue weighted by Crippen LogP contribution is -2.58. The molecule has 0 unspecified atom stereocenters. The zero-order chi connectivity index (χ0) is 17.6. The Bertz CT molecular complexity index is 659. The number of ether oxygens (including phenoxy) is 1. The van der Waals surface area contributed by atoms with Crippen LogP contribution in [-0.2, 0) is 17.8 Å². The number of pyridine rings is 1. The summed E-state index contributed by atoms with van der Waals surface area (Å²) in [5.41, 5.74) is 0.524. The molecule has 0 spiro atoms. The molecule has 0 bridgehead atoms. The summed E-state index contributed by atoms with van der Waals surface area (Å²) in [5.74, 6) is 0.245. The Labute approximate surface area is 141 Å². The van der Waals surface area contributed by atoms with Crippen LogP contribution in [0.15, 0.2) is 6.20 Å². The summed E-state index contributed by atoms with van der Waals surface area (Å²) in [4.78, 5) is 20.4. The average Bonchev–Trinajstić information content (AvgIpc) is 2.84. The molecule has 0 aliphatic carbocycles. The summed E-state index contributed by atoms with van der Waals surface area (Å²) in [7, 11) is 0. The van der Waals surface area contributed by atoms with Gasteiger partial charge in [0.1, 0.15) is 17.2 Å². The molecule has 6 nitrogen and oxygen atoms in total. The third-order valence-corrected chi connectivity index (χ3v) is 4.50. The number of nitrogens with zero attached hydrogens (tertiary/aromatic N) is 3. The van der Waals surface area contributed by atoms with Gasteiger partial charge in [0.25, 0.3) is 0 Å². The number of aliphatic hydroxyl groups is 1. The third-order valence-electron chi connectivity index (χ3n) is 4.50. The number of carbonyl (C=O) groups is 1. The summed E-state index contributed by atoms with van der Waals surface area (Å²) < 4.78 is 19.4. The van der Waals surface area contributed by atoms with Gasteiger partial charge in [0, 0.05) is 30.3 Å². The van der Waals surface area contributed by atoms with Crippen LogP contribution in [0, 0.1) is 5.82 Å². The molecule has 1 aromatic rings. The molecule has 24 heavy (non-hydrogen) atoms. The van der Waals surface area contributed by atoms with Gasteiger partial charge in [-0.15, -0.1) is 0 Å². The first kappa shape index (κ1) is 17.0. The lowest BCUT2D eigenvalue weighted by atomic mass is 10.0. The Hall–Kier alpha value is -1.89. The Morgan fingerprint density at radius 2 is 2.17 bits per heavy atom. The van der Waals surface area contributed by atoms with Gasteiger partial charge < -0.3 is 19.6 Å². The fourth-order valence-corrected chi connectivity index (χ4v) is 3.60. The zero-order valence-electron chi connectivity index (χ0n) is 14.5. The molecule has 1 aromatic heterocycles. The number of carbonyl (C=O) groups excluding carboxylic acids is 1. The summed E-state index contributed by atoms with van der Waals surface area (Å²) in [6.45, 7) is 8.23. The molecule has 0 radical (unpaired) electrons. The van der Waals surface area contributed by atoms with E-state index < -0.39 is 11.4 Å². The normalized spacial score (nSPS) is 23.1. The van der Waals surface area contributed by atoms with Crippen LogP contribution < -0.4 is 4.90 Å². The number of rotatable bonds is 1. The molecular formula is C17H24FN3O3. The summed E-state index contributed by atoms with van der Waals surface area (Å²) >= 11 is 0. The van der Waals surface area contributed by atoms with E-state index in [1.54, 1.807) is 4.90 Å². The lowest BCUT2D eigenvalue weighted by molar-refractivity contribution is 0.0191. The van der Waals surface area contributed by atoms with Crippen LogP contribution in [0.5, 0.6) is 0 Å². The Balaban J connectivity index is 1.83. The van der Waals surface area contributed by atoms with Crippen molar-refractivity contribution in [2.24, 2.45) is 0 Å². The quantitative estimate of drug-likeness (QED) is 0.850. The van der Waals surface area contributed by atoms with E-state index in [0.29, 0.717) is 25.1 Å². The molecule has 1 saturated heterocycles. The molecule has 3 heterocycles. The topological polar surface area (TPSA) is 65.9 Å². The highest BCUT2D eigenvalue weighted by Crippen LogP contribution is 2.37. The van der Waals surface area contributed by atoms with Crippen molar-refractivity contribution in [2.45, 2.75) is 58.4 Å². The molecule has 3 rings (SSSR count). The number of aromatic nitrogens is 1. The van der Waals surface area contributed by atoms with Gasteiger partial charge in [-0.2, -0.15) is 0 Å². The minimum Gasteiger partial charge on any atom is -0.444 e. The standard InChI is InChI=1S/C17H24FN3O3/c1-10-7-20(16(23)24-17(2,3)4)8-11-5-12-13(9-22)14(18)6-19-15(12)21(10)11/h6,10-11,22H,5,7-9H2,1-4H3/t10-,11-/m1/s1. The maximum Gasteiger partial charge on any atom is 0.410 e.